The molecule has 112 heavy (non-hydrogen) atoms. The summed E-state index contributed by atoms with van der Waals surface area (Å²) in [6.07, 6.45) is 0. The maximum absolute atomic E-state index is 10.2. The van der Waals surface area contributed by atoms with Crippen LogP contribution in [0.2, 0.25) is 0 Å². The van der Waals surface area contributed by atoms with Gasteiger partial charge in [0.1, 0.15) is 0 Å². The minimum absolute atomic E-state index is 0.00701. The van der Waals surface area contributed by atoms with Crippen LogP contribution < -0.4 is 26.2 Å². The summed E-state index contributed by atoms with van der Waals surface area (Å²) in [5.41, 5.74) is 27.3. The Morgan fingerprint density at radius 2 is 0.589 bits per heavy atom. The highest BCUT2D eigenvalue weighted by atomic mass is 15.2. The second-order valence-corrected chi connectivity index (χ2v) is 34.8. The van der Waals surface area contributed by atoms with Crippen molar-refractivity contribution in [3.05, 3.63) is 350 Å². The Hall–Kier alpha value is -12.6. The number of aromatic nitrogens is 3. The lowest BCUT2D eigenvalue weighted by Gasteiger charge is -2.45. The molecule has 20 rings (SSSR count). The van der Waals surface area contributed by atoms with Gasteiger partial charge in [-0.1, -0.05) is 301 Å². The monoisotopic (exact) mass is 1450 g/mol. The van der Waals surface area contributed by atoms with Crippen molar-refractivity contribution in [1.29, 1.82) is 0 Å². The van der Waals surface area contributed by atoms with Crippen LogP contribution >= 0.6 is 0 Å². The fourth-order valence-corrected chi connectivity index (χ4v) is 17.8. The topological polar surface area (TPSA) is 21.3 Å². The summed E-state index contributed by atoms with van der Waals surface area (Å²) >= 11 is 0. The van der Waals surface area contributed by atoms with Gasteiger partial charge in [0.05, 0.1) is 61.1 Å². The zero-order valence-corrected chi connectivity index (χ0v) is 65.4. The van der Waals surface area contributed by atoms with Crippen molar-refractivity contribution in [3.8, 4) is 61.6 Å². The standard InChI is InChI=1S/C106H90BN5/c1-103(2,3)75-55-73(56-76(63-75)104(4,5)6)69-47-51-90-84(59-69)100-94(108(90)79-35-21-15-22-36-79)43-29-45-96(100)111-92-53-49-71(67-31-17-13-18-32-67)61-86(92)107-87-62-72(68-33-19-14-20-34-68)50-54-93(87)112(99-66-81(65-98(111)102(99)107)110-88-41-27-25-39-82(88)83-40-26-28-42-89(83)110)97-46-30-44-95-101(97)85-60-70(48-52-91(85)109(95)80-37-23-16-24-38-80)74-57-77(105(7,8)9)64-78(58-74)106(10,11)12/h13-66H,1-12H3/i25D,26D,27D,28D,39D,40D,41D,42D. The summed E-state index contributed by atoms with van der Waals surface area (Å²) in [7, 11) is 0. The van der Waals surface area contributed by atoms with Crippen LogP contribution in [0.5, 0.6) is 0 Å². The van der Waals surface area contributed by atoms with Crippen LogP contribution in [0.15, 0.2) is 327 Å². The minimum atomic E-state index is -0.520. The van der Waals surface area contributed by atoms with Gasteiger partial charge in [-0.25, -0.2) is 0 Å². The van der Waals surface area contributed by atoms with Crippen LogP contribution in [0.1, 0.15) is 116 Å². The first kappa shape index (κ1) is 60.2. The SMILES string of the molecule is [2H]c1c([2H])c([2H])c2c(c1[2H])c1c([2H])c([2H])c([2H])c([2H])c1n2-c1cc2c3c(c1)N(c1cccc4c1c1cc(-c5cc(C(C)(C)C)cc(C(C)(C)C)c5)ccc1n4-c1ccccc1)c1ccc(-c4ccccc4)cc1B3c1cc(-c3ccccc3)ccc1N2c1cccc2c1c1cc(-c3cc(C(C)(C)C)cc(C(C)(C)C)c3)ccc1n2-c1ccccc1. The van der Waals surface area contributed by atoms with Crippen molar-refractivity contribution in [2.24, 2.45) is 0 Å². The molecule has 0 fully saturated rings. The van der Waals surface area contributed by atoms with Gasteiger partial charge in [0.25, 0.3) is 6.71 Å². The number of para-hydroxylation sites is 4. The van der Waals surface area contributed by atoms with E-state index in [1.54, 1.807) is 4.57 Å². The fourth-order valence-electron chi connectivity index (χ4n) is 17.8. The molecule has 5 heterocycles. The Kier molecular flexibility index (Phi) is 13.7. The smallest absolute Gasteiger partial charge is 0.252 e. The largest absolute Gasteiger partial charge is 0.311 e. The molecular weight excluding hydrogens is 1350 g/mol. The molecule has 0 spiro atoms. The van der Waals surface area contributed by atoms with Gasteiger partial charge in [0.2, 0.25) is 0 Å². The molecule has 3 aromatic heterocycles. The van der Waals surface area contributed by atoms with E-state index in [9.17, 15) is 11.0 Å². The van der Waals surface area contributed by atoms with E-state index in [1.807, 2.05) is 0 Å². The van der Waals surface area contributed by atoms with Crippen LogP contribution in [0.25, 0.3) is 127 Å². The number of anilines is 6. The lowest BCUT2D eigenvalue weighted by Crippen LogP contribution is -2.61. The first-order chi connectivity index (χ1) is 57.4. The van der Waals surface area contributed by atoms with Crippen molar-refractivity contribution in [2.45, 2.75) is 105 Å². The third kappa shape index (κ3) is 11.1. The molecule has 0 unspecified atom stereocenters. The zero-order valence-electron chi connectivity index (χ0n) is 73.4. The highest BCUT2D eigenvalue weighted by Crippen LogP contribution is 2.53. The maximum atomic E-state index is 10.2. The molecule has 6 heteroatoms. The van der Waals surface area contributed by atoms with Gasteiger partial charge in [0.15, 0.2) is 0 Å². The quantitative estimate of drug-likeness (QED) is 0.134. The third-order valence-corrected chi connectivity index (χ3v) is 23.6. The molecule has 2 aliphatic rings. The molecule has 15 aromatic carbocycles. The highest BCUT2D eigenvalue weighted by molar-refractivity contribution is 7.00. The fraction of sp³-hybridized carbons (Fsp3) is 0.151. The van der Waals surface area contributed by atoms with Gasteiger partial charge in [0, 0.05) is 66.4 Å². The number of hydrogen-bond acceptors (Lipinski definition) is 2. The van der Waals surface area contributed by atoms with Gasteiger partial charge in [-0.15, -0.1) is 0 Å². The summed E-state index contributed by atoms with van der Waals surface area (Å²) in [5.74, 6) is 0. The molecule has 0 radical (unpaired) electrons. The molecule has 18 aromatic rings. The number of hydrogen-bond donors (Lipinski definition) is 0. The minimum Gasteiger partial charge on any atom is -0.311 e. The van der Waals surface area contributed by atoms with E-state index in [4.69, 9.17) is 0 Å². The maximum Gasteiger partial charge on any atom is 0.252 e. The molecule has 0 saturated heterocycles. The molecule has 2 aliphatic heterocycles. The van der Waals surface area contributed by atoms with Crippen LogP contribution in [0.3, 0.4) is 0 Å². The van der Waals surface area contributed by atoms with Crippen LogP contribution in [-0.4, -0.2) is 20.4 Å². The van der Waals surface area contributed by atoms with Gasteiger partial charge < -0.3 is 23.5 Å². The Bertz CT molecular complexity index is 6870. The average Bonchev–Trinajstić information content (AvgIpc) is 1.09. The van der Waals surface area contributed by atoms with Crippen LogP contribution in [0, 0.1) is 0 Å². The van der Waals surface area contributed by atoms with Crippen molar-refractivity contribution < 1.29 is 11.0 Å². The highest BCUT2D eigenvalue weighted by Gasteiger charge is 2.46. The Labute approximate surface area is 669 Å². The van der Waals surface area contributed by atoms with E-state index in [-0.39, 0.29) is 55.6 Å². The Morgan fingerprint density at radius 1 is 0.241 bits per heavy atom. The number of nitrogens with zero attached hydrogens (tertiary/aromatic N) is 5. The molecule has 0 bridgehead atoms. The van der Waals surface area contributed by atoms with Crippen molar-refractivity contribution >= 4 is 123 Å². The van der Waals surface area contributed by atoms with E-state index in [2.05, 4.69) is 381 Å². The first-order valence-electron chi connectivity index (χ1n) is 43.2. The second-order valence-electron chi connectivity index (χ2n) is 34.8. The zero-order chi connectivity index (χ0) is 83.4. The van der Waals surface area contributed by atoms with E-state index in [1.165, 1.54) is 22.3 Å². The van der Waals surface area contributed by atoms with E-state index in [0.29, 0.717) is 5.69 Å². The molecule has 0 amide bonds. The molecular formula is C106H90BN5. The molecule has 0 N–H and O–H groups in total. The summed E-state index contributed by atoms with van der Waals surface area (Å²) in [5, 5.41) is 3.98. The second kappa shape index (κ2) is 25.5. The normalized spacial score (nSPS) is 14.1. The van der Waals surface area contributed by atoms with Gasteiger partial charge >= 0.3 is 0 Å². The summed E-state index contributed by atoms with van der Waals surface area (Å²) in [4.78, 5) is 4.86. The van der Waals surface area contributed by atoms with Crippen LogP contribution in [-0.2, 0) is 21.7 Å². The predicted molar refractivity (Wildman–Crippen MR) is 480 cm³/mol. The van der Waals surface area contributed by atoms with Crippen LogP contribution in [0.4, 0.5) is 34.1 Å². The summed E-state index contributed by atoms with van der Waals surface area (Å²) in [6, 6.07) is 98.2. The average molecular weight is 1450 g/mol. The lowest BCUT2D eigenvalue weighted by molar-refractivity contribution is 0.568. The van der Waals surface area contributed by atoms with E-state index in [0.717, 1.165) is 150 Å². The molecule has 0 atom stereocenters. The van der Waals surface area contributed by atoms with E-state index < -0.39 is 43.0 Å². The first-order valence-corrected chi connectivity index (χ1v) is 39.2. The van der Waals surface area contributed by atoms with Crippen molar-refractivity contribution in [1.82, 2.24) is 13.7 Å². The number of rotatable bonds is 9. The third-order valence-electron chi connectivity index (χ3n) is 23.6. The lowest BCUT2D eigenvalue weighted by atomic mass is 9.33. The van der Waals surface area contributed by atoms with Gasteiger partial charge in [-0.2, -0.15) is 0 Å². The van der Waals surface area contributed by atoms with E-state index >= 15 is 0 Å². The van der Waals surface area contributed by atoms with Crippen molar-refractivity contribution in [3.63, 3.8) is 0 Å². The molecule has 0 aliphatic carbocycles. The molecule has 5 nitrogen and oxygen atoms in total. The number of benzene rings is 15. The summed E-state index contributed by atoms with van der Waals surface area (Å²) in [6.45, 7) is 26.9. The Balaban J connectivity index is 0.981. The number of fused-ring (bicyclic) bond motifs is 13. The van der Waals surface area contributed by atoms with Gasteiger partial charge in [-0.05, 0) is 214 Å². The van der Waals surface area contributed by atoms with Gasteiger partial charge in [-0.3, -0.25) is 0 Å². The predicted octanol–water partition coefficient (Wildman–Crippen LogP) is 26.9. The Morgan fingerprint density at radius 3 is 0.973 bits per heavy atom. The molecule has 542 valence electrons. The summed E-state index contributed by atoms with van der Waals surface area (Å²) < 4.78 is 84.4. The molecule has 0 saturated carbocycles. The van der Waals surface area contributed by atoms with Crippen molar-refractivity contribution in [2.75, 3.05) is 9.80 Å².